The van der Waals surface area contributed by atoms with E-state index in [0.29, 0.717) is 19.4 Å². The van der Waals surface area contributed by atoms with Gasteiger partial charge in [0.15, 0.2) is 5.84 Å². The number of pyridine rings is 1. The summed E-state index contributed by atoms with van der Waals surface area (Å²) < 4.78 is 25.7. The van der Waals surface area contributed by atoms with E-state index in [1.807, 2.05) is 13.0 Å². The quantitative estimate of drug-likeness (QED) is 0.313. The van der Waals surface area contributed by atoms with Crippen LogP contribution in [0.2, 0.25) is 0 Å². The molecule has 3 N–H and O–H groups in total. The number of aromatic nitrogens is 1. The molecular weight excluding hydrogens is 280 g/mol. The lowest BCUT2D eigenvalue weighted by Crippen LogP contribution is -2.40. The van der Waals surface area contributed by atoms with Crippen molar-refractivity contribution in [3.05, 3.63) is 30.1 Å². The summed E-state index contributed by atoms with van der Waals surface area (Å²) in [4.78, 5) is 4.09. The van der Waals surface area contributed by atoms with Gasteiger partial charge in [0, 0.05) is 24.9 Å². The van der Waals surface area contributed by atoms with Gasteiger partial charge in [0.25, 0.3) is 0 Å². The molecule has 112 valence electrons. The zero-order chi connectivity index (χ0) is 15.0. The molecular formula is C12H20N4O3S. The van der Waals surface area contributed by atoms with Crippen LogP contribution in [0.5, 0.6) is 0 Å². The Morgan fingerprint density at radius 3 is 2.80 bits per heavy atom. The predicted octanol–water partition coefficient (Wildman–Crippen LogP) is 0.412. The van der Waals surface area contributed by atoms with Crippen LogP contribution in [0, 0.1) is 0 Å². The topological polar surface area (TPSA) is 109 Å². The summed E-state index contributed by atoms with van der Waals surface area (Å²) in [6, 6.07) is 5.37. The molecule has 1 aromatic rings. The number of nitrogens with zero attached hydrogens (tertiary/aromatic N) is 3. The Bertz CT molecular complexity index is 531. The summed E-state index contributed by atoms with van der Waals surface area (Å²) in [7, 11) is -3.47. The average molecular weight is 300 g/mol. The largest absolute Gasteiger partial charge is 0.409 e. The molecule has 1 aromatic heterocycles. The monoisotopic (exact) mass is 300 g/mol. The van der Waals surface area contributed by atoms with Crippen molar-refractivity contribution in [1.29, 1.82) is 0 Å². The van der Waals surface area contributed by atoms with Crippen molar-refractivity contribution in [2.75, 3.05) is 18.8 Å². The van der Waals surface area contributed by atoms with Crippen molar-refractivity contribution < 1.29 is 13.6 Å². The minimum absolute atomic E-state index is 0.0529. The van der Waals surface area contributed by atoms with Crippen LogP contribution in [0.4, 0.5) is 0 Å². The van der Waals surface area contributed by atoms with E-state index in [-0.39, 0.29) is 18.1 Å². The highest BCUT2D eigenvalue weighted by Gasteiger charge is 2.22. The van der Waals surface area contributed by atoms with Crippen molar-refractivity contribution >= 4 is 15.9 Å². The second-order valence-corrected chi connectivity index (χ2v) is 6.40. The number of oxime groups is 1. The number of aryl methyl sites for hydroxylation is 1. The van der Waals surface area contributed by atoms with Gasteiger partial charge in [0.05, 0.1) is 12.3 Å². The van der Waals surface area contributed by atoms with E-state index in [4.69, 9.17) is 10.9 Å². The maximum Gasteiger partial charge on any atom is 0.214 e. The SMILES string of the molecule is CCCN(CC(N)=NO)S(=O)(=O)CCc1ccccn1. The van der Waals surface area contributed by atoms with Gasteiger partial charge >= 0.3 is 0 Å². The van der Waals surface area contributed by atoms with Crippen molar-refractivity contribution in [1.82, 2.24) is 9.29 Å². The molecule has 0 aliphatic carbocycles. The predicted molar refractivity (Wildman–Crippen MR) is 77.0 cm³/mol. The third kappa shape index (κ3) is 5.14. The Morgan fingerprint density at radius 2 is 2.25 bits per heavy atom. The summed E-state index contributed by atoms with van der Waals surface area (Å²) in [5, 5.41) is 11.4. The molecule has 1 heterocycles. The van der Waals surface area contributed by atoms with Crippen LogP contribution in [-0.2, 0) is 16.4 Å². The Labute approximate surface area is 119 Å². The number of nitrogens with two attached hydrogens (primary N) is 1. The number of hydrogen-bond donors (Lipinski definition) is 2. The second-order valence-electron chi connectivity index (χ2n) is 4.31. The van der Waals surface area contributed by atoms with Crippen LogP contribution in [0.3, 0.4) is 0 Å². The minimum Gasteiger partial charge on any atom is -0.409 e. The Kier molecular flexibility index (Phi) is 6.40. The highest BCUT2D eigenvalue weighted by molar-refractivity contribution is 7.89. The normalized spacial score (nSPS) is 12.8. The fourth-order valence-electron chi connectivity index (χ4n) is 1.69. The van der Waals surface area contributed by atoms with E-state index < -0.39 is 10.0 Å². The first kappa shape index (κ1) is 16.4. The molecule has 0 aliphatic rings. The molecule has 0 saturated heterocycles. The van der Waals surface area contributed by atoms with E-state index >= 15 is 0 Å². The Morgan fingerprint density at radius 1 is 1.50 bits per heavy atom. The first-order valence-electron chi connectivity index (χ1n) is 6.33. The standard InChI is InChI=1S/C12H20N4O3S/c1-2-8-16(10-12(13)15-17)20(18,19)9-6-11-5-3-4-7-14-11/h3-5,7,17H,2,6,8-10H2,1H3,(H2,13,15). The highest BCUT2D eigenvalue weighted by Crippen LogP contribution is 2.06. The molecule has 0 atom stereocenters. The zero-order valence-corrected chi connectivity index (χ0v) is 12.3. The number of hydrogen-bond acceptors (Lipinski definition) is 5. The summed E-state index contributed by atoms with van der Waals surface area (Å²) in [5.74, 6) is -0.178. The maximum atomic E-state index is 12.3. The van der Waals surface area contributed by atoms with E-state index in [2.05, 4.69) is 10.1 Å². The molecule has 0 spiro atoms. The van der Waals surface area contributed by atoms with Gasteiger partial charge in [-0.1, -0.05) is 18.1 Å². The number of rotatable bonds is 8. The first-order valence-corrected chi connectivity index (χ1v) is 7.94. The molecule has 0 bridgehead atoms. The van der Waals surface area contributed by atoms with Crippen molar-refractivity contribution in [2.24, 2.45) is 10.9 Å². The molecule has 0 fully saturated rings. The van der Waals surface area contributed by atoms with Gasteiger partial charge in [-0.15, -0.1) is 0 Å². The van der Waals surface area contributed by atoms with Crippen LogP contribution in [0.25, 0.3) is 0 Å². The molecule has 0 amide bonds. The molecule has 0 aliphatic heterocycles. The number of sulfonamides is 1. The third-order valence-corrected chi connectivity index (χ3v) is 4.49. The molecule has 20 heavy (non-hydrogen) atoms. The van der Waals surface area contributed by atoms with Gasteiger partial charge in [-0.05, 0) is 18.6 Å². The molecule has 0 saturated carbocycles. The van der Waals surface area contributed by atoms with E-state index in [9.17, 15) is 8.42 Å². The fraction of sp³-hybridized carbons (Fsp3) is 0.500. The van der Waals surface area contributed by atoms with Crippen molar-refractivity contribution in [3.8, 4) is 0 Å². The van der Waals surface area contributed by atoms with Gasteiger partial charge in [0.1, 0.15) is 0 Å². The van der Waals surface area contributed by atoms with Gasteiger partial charge < -0.3 is 10.9 Å². The number of amidine groups is 1. The summed E-state index contributed by atoms with van der Waals surface area (Å²) in [5.41, 5.74) is 6.11. The van der Waals surface area contributed by atoms with E-state index in [1.165, 1.54) is 4.31 Å². The lowest BCUT2D eigenvalue weighted by atomic mass is 10.3. The van der Waals surface area contributed by atoms with Crippen molar-refractivity contribution in [2.45, 2.75) is 19.8 Å². The summed E-state index contributed by atoms with van der Waals surface area (Å²) in [6.07, 6.45) is 2.61. The van der Waals surface area contributed by atoms with Gasteiger partial charge in [0.2, 0.25) is 10.0 Å². The smallest absolute Gasteiger partial charge is 0.214 e. The Hall–Kier alpha value is -1.67. The molecule has 1 rings (SSSR count). The van der Waals surface area contributed by atoms with E-state index in [1.54, 1.807) is 18.3 Å². The highest BCUT2D eigenvalue weighted by atomic mass is 32.2. The van der Waals surface area contributed by atoms with Gasteiger partial charge in [-0.25, -0.2) is 8.42 Å². The van der Waals surface area contributed by atoms with E-state index in [0.717, 1.165) is 5.69 Å². The molecule has 0 radical (unpaired) electrons. The van der Waals surface area contributed by atoms with Gasteiger partial charge in [-0.2, -0.15) is 4.31 Å². The zero-order valence-electron chi connectivity index (χ0n) is 11.4. The van der Waals surface area contributed by atoms with Crippen molar-refractivity contribution in [3.63, 3.8) is 0 Å². The molecule has 7 nitrogen and oxygen atoms in total. The maximum absolute atomic E-state index is 12.3. The second kappa shape index (κ2) is 7.81. The lowest BCUT2D eigenvalue weighted by molar-refractivity contribution is 0.314. The van der Waals surface area contributed by atoms with Crippen LogP contribution in [-0.4, -0.2) is 47.6 Å². The first-order chi connectivity index (χ1) is 9.49. The van der Waals surface area contributed by atoms with Gasteiger partial charge in [-0.3, -0.25) is 4.98 Å². The summed E-state index contributed by atoms with van der Waals surface area (Å²) >= 11 is 0. The molecule has 0 unspecified atom stereocenters. The van der Waals surface area contributed by atoms with Crippen LogP contribution >= 0.6 is 0 Å². The Balaban J connectivity index is 2.72. The van der Waals surface area contributed by atoms with Crippen LogP contribution in [0.1, 0.15) is 19.0 Å². The van der Waals surface area contributed by atoms with Crippen LogP contribution in [0.15, 0.2) is 29.6 Å². The van der Waals surface area contributed by atoms with Crippen LogP contribution < -0.4 is 5.73 Å². The average Bonchev–Trinajstić information content (AvgIpc) is 2.45. The minimum atomic E-state index is -3.47. The molecule has 0 aromatic carbocycles. The summed E-state index contributed by atoms with van der Waals surface area (Å²) in [6.45, 7) is 2.10. The molecule has 8 heteroatoms. The third-order valence-electron chi connectivity index (χ3n) is 2.68. The fourth-order valence-corrected chi connectivity index (χ4v) is 3.20. The lowest BCUT2D eigenvalue weighted by Gasteiger charge is -2.20.